The Kier molecular flexibility index (Phi) is 7.39. The average molecular weight is 243 g/mol. The van der Waals surface area contributed by atoms with Gasteiger partial charge in [0.25, 0.3) is 0 Å². The lowest BCUT2D eigenvalue weighted by Gasteiger charge is -2.24. The summed E-state index contributed by atoms with van der Waals surface area (Å²) in [6.45, 7) is 13.1. The van der Waals surface area contributed by atoms with E-state index in [1.54, 1.807) is 0 Å². The molecule has 17 heavy (non-hydrogen) atoms. The van der Waals surface area contributed by atoms with Crippen molar-refractivity contribution in [2.75, 3.05) is 19.6 Å². The molecule has 0 radical (unpaired) electrons. The fourth-order valence-corrected chi connectivity index (χ4v) is 1.70. The first kappa shape index (κ1) is 16.4. The van der Waals surface area contributed by atoms with Crippen LogP contribution in [0.3, 0.4) is 0 Å². The van der Waals surface area contributed by atoms with Crippen molar-refractivity contribution in [3.8, 4) is 0 Å². The summed E-state index contributed by atoms with van der Waals surface area (Å²) in [4.78, 5) is 14.0. The van der Waals surface area contributed by atoms with Crippen LogP contribution >= 0.6 is 0 Å². The number of likely N-dealkylation sites (N-methyl/N-ethyl adjacent to an activating group) is 1. The van der Waals surface area contributed by atoms with Crippen LogP contribution in [-0.4, -0.2) is 42.0 Å². The Labute approximate surface area is 106 Å². The molecule has 1 unspecified atom stereocenters. The number of nitrogens with two attached hydrogens (primary N) is 1. The molecule has 0 aromatic heterocycles. The molecule has 0 saturated carbocycles. The smallest absolute Gasteiger partial charge is 0.220 e. The highest BCUT2D eigenvalue weighted by Crippen LogP contribution is 2.06. The van der Waals surface area contributed by atoms with E-state index in [1.165, 1.54) is 0 Å². The first-order valence-electron chi connectivity index (χ1n) is 6.59. The lowest BCUT2D eigenvalue weighted by atomic mass is 10.00. The Morgan fingerprint density at radius 1 is 1.35 bits per heavy atom. The van der Waals surface area contributed by atoms with Crippen molar-refractivity contribution in [3.05, 3.63) is 0 Å². The lowest BCUT2D eigenvalue weighted by molar-refractivity contribution is -0.122. The summed E-state index contributed by atoms with van der Waals surface area (Å²) in [7, 11) is 0. The molecule has 0 aromatic carbocycles. The van der Waals surface area contributed by atoms with E-state index in [2.05, 4.69) is 24.1 Å². The summed E-state index contributed by atoms with van der Waals surface area (Å²) in [6.07, 6.45) is 1.23. The molecule has 0 rings (SSSR count). The lowest BCUT2D eigenvalue weighted by Crippen LogP contribution is -2.42. The van der Waals surface area contributed by atoms with Crippen LogP contribution in [-0.2, 0) is 4.79 Å². The quantitative estimate of drug-likeness (QED) is 0.676. The zero-order valence-corrected chi connectivity index (χ0v) is 12.0. The van der Waals surface area contributed by atoms with Gasteiger partial charge < -0.3 is 16.0 Å². The number of rotatable bonds is 8. The maximum absolute atomic E-state index is 11.7. The fraction of sp³-hybridized carbons (Fsp3) is 0.923. The number of nitrogens with one attached hydrogen (secondary N) is 1. The van der Waals surface area contributed by atoms with Gasteiger partial charge in [0.2, 0.25) is 5.91 Å². The summed E-state index contributed by atoms with van der Waals surface area (Å²) in [6, 6.07) is 0.197. The van der Waals surface area contributed by atoms with E-state index >= 15 is 0 Å². The number of carbonyl (C=O) groups excluding carboxylic acids is 1. The van der Waals surface area contributed by atoms with Gasteiger partial charge in [0.15, 0.2) is 0 Å². The highest BCUT2D eigenvalue weighted by atomic mass is 16.1. The largest absolute Gasteiger partial charge is 0.352 e. The van der Waals surface area contributed by atoms with Crippen LogP contribution in [0.5, 0.6) is 0 Å². The van der Waals surface area contributed by atoms with E-state index in [-0.39, 0.29) is 17.5 Å². The first-order valence-corrected chi connectivity index (χ1v) is 6.59. The van der Waals surface area contributed by atoms with Crippen molar-refractivity contribution in [3.63, 3.8) is 0 Å². The van der Waals surface area contributed by atoms with Gasteiger partial charge in [-0.1, -0.05) is 13.8 Å². The van der Waals surface area contributed by atoms with Gasteiger partial charge in [-0.25, -0.2) is 0 Å². The SMILES string of the molecule is CCN(CC)CC(C)NC(=O)CCC(C)(C)N. The third-order valence-corrected chi connectivity index (χ3v) is 2.83. The zero-order valence-electron chi connectivity index (χ0n) is 12.0. The number of hydrogen-bond donors (Lipinski definition) is 2. The molecule has 0 aliphatic carbocycles. The molecule has 0 aliphatic heterocycles. The molecule has 1 amide bonds. The van der Waals surface area contributed by atoms with E-state index < -0.39 is 0 Å². The fourth-order valence-electron chi connectivity index (χ4n) is 1.70. The molecule has 3 N–H and O–H groups in total. The van der Waals surface area contributed by atoms with Gasteiger partial charge in [-0.05, 0) is 40.3 Å². The molecule has 0 aromatic rings. The normalized spacial score (nSPS) is 13.8. The van der Waals surface area contributed by atoms with Gasteiger partial charge in [0, 0.05) is 24.5 Å². The van der Waals surface area contributed by atoms with Crippen LogP contribution in [0.25, 0.3) is 0 Å². The average Bonchev–Trinajstić information content (AvgIpc) is 2.22. The molecule has 0 spiro atoms. The Morgan fingerprint density at radius 2 is 1.88 bits per heavy atom. The third kappa shape index (κ3) is 9.12. The second-order valence-corrected chi connectivity index (χ2v) is 5.44. The first-order chi connectivity index (χ1) is 7.78. The number of nitrogens with zero attached hydrogens (tertiary/aromatic N) is 1. The van der Waals surface area contributed by atoms with Gasteiger partial charge >= 0.3 is 0 Å². The van der Waals surface area contributed by atoms with Crippen LogP contribution in [0.1, 0.15) is 47.5 Å². The number of hydrogen-bond acceptors (Lipinski definition) is 3. The van der Waals surface area contributed by atoms with Crippen LogP contribution in [0.2, 0.25) is 0 Å². The number of carbonyl (C=O) groups is 1. The Morgan fingerprint density at radius 3 is 2.29 bits per heavy atom. The third-order valence-electron chi connectivity index (χ3n) is 2.83. The molecule has 4 heteroatoms. The van der Waals surface area contributed by atoms with Gasteiger partial charge in [-0.15, -0.1) is 0 Å². The maximum atomic E-state index is 11.7. The predicted molar refractivity (Wildman–Crippen MR) is 72.9 cm³/mol. The minimum Gasteiger partial charge on any atom is -0.352 e. The van der Waals surface area contributed by atoms with Crippen molar-refractivity contribution >= 4 is 5.91 Å². The summed E-state index contributed by atoms with van der Waals surface area (Å²) >= 11 is 0. The molecular weight excluding hydrogens is 214 g/mol. The molecule has 0 bridgehead atoms. The second-order valence-electron chi connectivity index (χ2n) is 5.44. The molecular formula is C13H29N3O. The molecule has 102 valence electrons. The van der Waals surface area contributed by atoms with Crippen LogP contribution < -0.4 is 11.1 Å². The minimum atomic E-state index is -0.264. The zero-order chi connectivity index (χ0) is 13.5. The number of amides is 1. The van der Waals surface area contributed by atoms with Crippen molar-refractivity contribution < 1.29 is 4.79 Å². The molecule has 0 aliphatic rings. The molecule has 0 heterocycles. The van der Waals surface area contributed by atoms with E-state index in [9.17, 15) is 4.79 Å². The van der Waals surface area contributed by atoms with Gasteiger partial charge in [0.05, 0.1) is 0 Å². The van der Waals surface area contributed by atoms with Gasteiger partial charge in [-0.3, -0.25) is 4.79 Å². The van der Waals surface area contributed by atoms with Gasteiger partial charge in [0.1, 0.15) is 0 Å². The highest BCUT2D eigenvalue weighted by Gasteiger charge is 2.15. The summed E-state index contributed by atoms with van der Waals surface area (Å²) in [5, 5.41) is 3.02. The van der Waals surface area contributed by atoms with Crippen LogP contribution in [0.15, 0.2) is 0 Å². The monoisotopic (exact) mass is 243 g/mol. The maximum Gasteiger partial charge on any atom is 0.220 e. The standard InChI is InChI=1S/C13H29N3O/c1-6-16(7-2)10-11(3)15-12(17)8-9-13(4,5)14/h11H,6-10,14H2,1-5H3,(H,15,17). The molecule has 1 atom stereocenters. The van der Waals surface area contributed by atoms with E-state index in [1.807, 2.05) is 20.8 Å². The van der Waals surface area contributed by atoms with Crippen molar-refractivity contribution in [2.24, 2.45) is 5.73 Å². The molecule has 0 saturated heterocycles. The second kappa shape index (κ2) is 7.67. The molecule has 0 fully saturated rings. The van der Waals surface area contributed by atoms with Crippen LogP contribution in [0.4, 0.5) is 0 Å². The Bertz CT molecular complexity index is 219. The molecule has 4 nitrogen and oxygen atoms in total. The van der Waals surface area contributed by atoms with Gasteiger partial charge in [-0.2, -0.15) is 0 Å². The topological polar surface area (TPSA) is 58.4 Å². The summed E-state index contributed by atoms with van der Waals surface area (Å²) in [5.41, 5.74) is 5.59. The minimum absolute atomic E-state index is 0.100. The van der Waals surface area contributed by atoms with E-state index in [0.29, 0.717) is 6.42 Å². The Hall–Kier alpha value is -0.610. The van der Waals surface area contributed by atoms with E-state index in [4.69, 9.17) is 5.73 Å². The van der Waals surface area contributed by atoms with Crippen molar-refractivity contribution in [2.45, 2.75) is 59.0 Å². The van der Waals surface area contributed by atoms with Crippen molar-refractivity contribution in [1.82, 2.24) is 10.2 Å². The highest BCUT2D eigenvalue weighted by molar-refractivity contribution is 5.76. The summed E-state index contributed by atoms with van der Waals surface area (Å²) in [5.74, 6) is 0.100. The Balaban J connectivity index is 3.87. The van der Waals surface area contributed by atoms with E-state index in [0.717, 1.165) is 26.1 Å². The predicted octanol–water partition coefficient (Wildman–Crippen LogP) is 1.35. The van der Waals surface area contributed by atoms with Crippen LogP contribution in [0, 0.1) is 0 Å². The van der Waals surface area contributed by atoms with Crippen molar-refractivity contribution in [1.29, 1.82) is 0 Å². The summed E-state index contributed by atoms with van der Waals surface area (Å²) < 4.78 is 0.